The van der Waals surface area contributed by atoms with E-state index in [0.717, 1.165) is 10.9 Å². The van der Waals surface area contributed by atoms with E-state index >= 15 is 0 Å². The van der Waals surface area contributed by atoms with Crippen LogP contribution >= 0.6 is 0 Å². The molecule has 0 aliphatic carbocycles. The van der Waals surface area contributed by atoms with E-state index in [1.165, 1.54) is 0 Å². The molecule has 0 saturated carbocycles. The van der Waals surface area contributed by atoms with Gasteiger partial charge in [0.05, 0.1) is 24.9 Å². The normalized spacial score (nSPS) is 10.7. The van der Waals surface area contributed by atoms with Crippen LogP contribution < -0.4 is 10.6 Å². The van der Waals surface area contributed by atoms with Crippen molar-refractivity contribution in [2.24, 2.45) is 7.05 Å². The highest BCUT2D eigenvalue weighted by atomic mass is 16.3. The molecule has 0 atom stereocenters. The van der Waals surface area contributed by atoms with Crippen LogP contribution in [0.25, 0.3) is 10.9 Å². The number of fused-ring (bicyclic) bond motifs is 1. The number of carbonyl (C=O) groups is 2. The van der Waals surface area contributed by atoms with Gasteiger partial charge in [-0.05, 0) is 18.2 Å². The number of benzene rings is 1. The second-order valence-electron chi connectivity index (χ2n) is 5.21. The summed E-state index contributed by atoms with van der Waals surface area (Å²) in [6.45, 7) is 0.221. The van der Waals surface area contributed by atoms with Crippen molar-refractivity contribution in [3.63, 3.8) is 0 Å². The lowest BCUT2D eigenvalue weighted by Crippen LogP contribution is -2.36. The lowest BCUT2D eigenvalue weighted by Gasteiger charge is -2.05. The van der Waals surface area contributed by atoms with Gasteiger partial charge < -0.3 is 19.6 Å². The molecule has 0 radical (unpaired) electrons. The molecule has 0 aliphatic heterocycles. The van der Waals surface area contributed by atoms with Gasteiger partial charge in [0.25, 0.3) is 5.91 Å². The zero-order valence-electron chi connectivity index (χ0n) is 12.7. The van der Waals surface area contributed by atoms with Gasteiger partial charge in [0.2, 0.25) is 5.91 Å². The number of carbonyl (C=O) groups excluding carboxylic acids is 2. The minimum absolute atomic E-state index is 0.0806. The fourth-order valence-electron chi connectivity index (χ4n) is 2.44. The van der Waals surface area contributed by atoms with Gasteiger partial charge in [-0.2, -0.15) is 0 Å². The average Bonchev–Trinajstić information content (AvgIpc) is 3.19. The first-order chi connectivity index (χ1) is 11.1. The zero-order valence-corrected chi connectivity index (χ0v) is 12.7. The molecule has 2 aromatic heterocycles. The first-order valence-electron chi connectivity index (χ1n) is 7.26. The summed E-state index contributed by atoms with van der Waals surface area (Å²) in [7, 11) is 1.88. The van der Waals surface area contributed by atoms with Crippen molar-refractivity contribution in [3.05, 3.63) is 60.2 Å². The molecule has 3 aromatic rings. The molecule has 0 aliphatic rings. The van der Waals surface area contributed by atoms with Crippen LogP contribution in [0, 0.1) is 0 Å². The number of hydrogen-bond donors (Lipinski definition) is 2. The van der Waals surface area contributed by atoms with E-state index in [1.54, 1.807) is 24.6 Å². The first-order valence-corrected chi connectivity index (χ1v) is 7.26. The van der Waals surface area contributed by atoms with Crippen LogP contribution in [0.15, 0.2) is 53.3 Å². The van der Waals surface area contributed by atoms with Gasteiger partial charge in [0.15, 0.2) is 0 Å². The summed E-state index contributed by atoms with van der Waals surface area (Å²) in [5, 5.41) is 6.19. The Kier molecular flexibility index (Phi) is 4.14. The molecule has 0 fully saturated rings. The van der Waals surface area contributed by atoms with Crippen LogP contribution in [0.1, 0.15) is 16.1 Å². The van der Waals surface area contributed by atoms with Crippen molar-refractivity contribution in [2.45, 2.75) is 6.54 Å². The number of aromatic nitrogens is 1. The summed E-state index contributed by atoms with van der Waals surface area (Å²) >= 11 is 0. The van der Waals surface area contributed by atoms with Crippen LogP contribution in [0.5, 0.6) is 0 Å². The number of aryl methyl sites for hydroxylation is 1. The maximum Gasteiger partial charge on any atom is 0.253 e. The van der Waals surface area contributed by atoms with Gasteiger partial charge in [-0.25, -0.2) is 0 Å². The molecular formula is C17H17N3O3. The Bertz CT molecular complexity index is 834. The number of para-hydroxylation sites is 1. The lowest BCUT2D eigenvalue weighted by molar-refractivity contribution is -0.120. The Hall–Kier alpha value is -3.02. The Balaban J connectivity index is 1.59. The topological polar surface area (TPSA) is 76.3 Å². The van der Waals surface area contributed by atoms with Crippen LogP contribution in [0.3, 0.4) is 0 Å². The van der Waals surface area contributed by atoms with Gasteiger partial charge in [-0.1, -0.05) is 18.2 Å². The van der Waals surface area contributed by atoms with Gasteiger partial charge >= 0.3 is 0 Å². The SMILES string of the molecule is Cn1cc(C(=O)NCC(=O)NCc2ccco2)c2ccccc21. The van der Waals surface area contributed by atoms with Crippen molar-refractivity contribution in [2.75, 3.05) is 6.54 Å². The smallest absolute Gasteiger partial charge is 0.253 e. The molecule has 6 heteroatoms. The molecule has 23 heavy (non-hydrogen) atoms. The molecule has 0 saturated heterocycles. The van der Waals surface area contributed by atoms with Crippen molar-refractivity contribution >= 4 is 22.7 Å². The van der Waals surface area contributed by atoms with Crippen LogP contribution in [-0.2, 0) is 18.4 Å². The summed E-state index contributed by atoms with van der Waals surface area (Å²) in [6, 6.07) is 11.2. The summed E-state index contributed by atoms with van der Waals surface area (Å²) in [5.74, 6) is 0.128. The summed E-state index contributed by atoms with van der Waals surface area (Å²) in [5.41, 5.74) is 1.53. The monoisotopic (exact) mass is 311 g/mol. The molecule has 3 rings (SSSR count). The fourth-order valence-corrected chi connectivity index (χ4v) is 2.44. The standard InChI is InChI=1S/C17H17N3O3/c1-20-11-14(13-6-2-3-7-15(13)20)17(22)19-10-16(21)18-9-12-5-4-8-23-12/h2-8,11H,9-10H2,1H3,(H,18,21)(H,19,22). The van der Waals surface area contributed by atoms with Crippen LogP contribution in [0.4, 0.5) is 0 Å². The van der Waals surface area contributed by atoms with Crippen LogP contribution in [-0.4, -0.2) is 22.9 Å². The number of nitrogens with zero attached hydrogens (tertiary/aromatic N) is 1. The van der Waals surface area contributed by atoms with E-state index in [1.807, 2.05) is 35.9 Å². The van der Waals surface area contributed by atoms with E-state index in [2.05, 4.69) is 10.6 Å². The quantitative estimate of drug-likeness (QED) is 0.754. The maximum absolute atomic E-state index is 12.3. The number of hydrogen-bond acceptors (Lipinski definition) is 3. The van der Waals surface area contributed by atoms with Crippen LogP contribution in [0.2, 0.25) is 0 Å². The highest BCUT2D eigenvalue weighted by molar-refractivity contribution is 6.07. The minimum Gasteiger partial charge on any atom is -0.467 e. The van der Waals surface area contributed by atoms with Gasteiger partial charge in [-0.15, -0.1) is 0 Å². The summed E-state index contributed by atoms with van der Waals surface area (Å²) in [6.07, 6.45) is 3.31. The third-order valence-corrected chi connectivity index (χ3v) is 3.59. The number of rotatable bonds is 5. The molecule has 2 N–H and O–H groups in total. The molecule has 0 bridgehead atoms. The highest BCUT2D eigenvalue weighted by Gasteiger charge is 2.14. The predicted molar refractivity (Wildman–Crippen MR) is 85.8 cm³/mol. The zero-order chi connectivity index (χ0) is 16.2. The summed E-state index contributed by atoms with van der Waals surface area (Å²) in [4.78, 5) is 24.1. The number of amides is 2. The predicted octanol–water partition coefficient (Wildman–Crippen LogP) is 1.82. The third kappa shape index (κ3) is 3.26. The van der Waals surface area contributed by atoms with Gasteiger partial charge in [0, 0.05) is 24.1 Å². The molecule has 1 aromatic carbocycles. The maximum atomic E-state index is 12.3. The largest absolute Gasteiger partial charge is 0.467 e. The van der Waals surface area contributed by atoms with E-state index in [-0.39, 0.29) is 18.4 Å². The van der Waals surface area contributed by atoms with E-state index < -0.39 is 0 Å². The Morgan fingerprint density at radius 2 is 1.96 bits per heavy atom. The Morgan fingerprint density at radius 1 is 1.13 bits per heavy atom. The molecule has 118 valence electrons. The van der Waals surface area contributed by atoms with Gasteiger partial charge in [0.1, 0.15) is 5.76 Å². The molecule has 0 spiro atoms. The number of nitrogens with one attached hydrogen (secondary N) is 2. The average molecular weight is 311 g/mol. The molecule has 2 amide bonds. The molecule has 2 heterocycles. The van der Waals surface area contributed by atoms with Crippen molar-refractivity contribution < 1.29 is 14.0 Å². The summed E-state index contributed by atoms with van der Waals surface area (Å²) < 4.78 is 7.02. The minimum atomic E-state index is -0.269. The van der Waals surface area contributed by atoms with Crippen molar-refractivity contribution in [1.29, 1.82) is 0 Å². The second-order valence-corrected chi connectivity index (χ2v) is 5.21. The van der Waals surface area contributed by atoms with Crippen molar-refractivity contribution in [1.82, 2.24) is 15.2 Å². The van der Waals surface area contributed by atoms with Gasteiger partial charge in [-0.3, -0.25) is 9.59 Å². The number of furan rings is 1. The van der Waals surface area contributed by atoms with E-state index in [0.29, 0.717) is 17.9 Å². The third-order valence-electron chi connectivity index (χ3n) is 3.59. The highest BCUT2D eigenvalue weighted by Crippen LogP contribution is 2.19. The lowest BCUT2D eigenvalue weighted by atomic mass is 10.1. The second kappa shape index (κ2) is 6.39. The Morgan fingerprint density at radius 3 is 2.74 bits per heavy atom. The first kappa shape index (κ1) is 14.9. The van der Waals surface area contributed by atoms with E-state index in [9.17, 15) is 9.59 Å². The van der Waals surface area contributed by atoms with Crippen molar-refractivity contribution in [3.8, 4) is 0 Å². The molecular weight excluding hydrogens is 294 g/mol. The molecule has 0 unspecified atom stereocenters. The fraction of sp³-hybridized carbons (Fsp3) is 0.176. The van der Waals surface area contributed by atoms with E-state index in [4.69, 9.17) is 4.42 Å². The molecule has 6 nitrogen and oxygen atoms in total. The Labute approximate surface area is 133 Å².